The summed E-state index contributed by atoms with van der Waals surface area (Å²) in [6, 6.07) is 16.0. The molecule has 0 fully saturated rings. The van der Waals surface area contributed by atoms with E-state index in [4.69, 9.17) is 16.9 Å². The van der Waals surface area contributed by atoms with Crippen LogP contribution < -0.4 is 5.32 Å². The van der Waals surface area contributed by atoms with Gasteiger partial charge in [-0.25, -0.2) is 0 Å². The Hall–Kier alpha value is -1.82. The van der Waals surface area contributed by atoms with Crippen molar-refractivity contribution in [3.05, 3.63) is 58.6 Å². The molecule has 0 saturated heterocycles. The topological polar surface area (TPSA) is 35.8 Å². The fourth-order valence-corrected chi connectivity index (χ4v) is 2.59. The van der Waals surface area contributed by atoms with Crippen LogP contribution in [0.15, 0.2) is 42.5 Å². The van der Waals surface area contributed by atoms with Gasteiger partial charge in [0.25, 0.3) is 0 Å². The van der Waals surface area contributed by atoms with Crippen molar-refractivity contribution in [1.29, 1.82) is 5.26 Å². The highest BCUT2D eigenvalue weighted by Gasteiger charge is 2.09. The molecule has 1 unspecified atom stereocenters. The molecule has 0 spiro atoms. The summed E-state index contributed by atoms with van der Waals surface area (Å²) in [5.74, 6) is 0. The highest BCUT2D eigenvalue weighted by Crippen LogP contribution is 2.29. The van der Waals surface area contributed by atoms with Crippen molar-refractivity contribution in [2.24, 2.45) is 0 Å². The fraction of sp³-hybridized carbons (Fsp3) is 0.235. The number of hydrogen-bond donors (Lipinski definition) is 1. The highest BCUT2D eigenvalue weighted by molar-refractivity contribution is 6.31. The molecule has 0 amide bonds. The maximum absolute atomic E-state index is 8.96. The van der Waals surface area contributed by atoms with Gasteiger partial charge in [0, 0.05) is 11.1 Å². The van der Waals surface area contributed by atoms with Crippen LogP contribution in [0.3, 0.4) is 0 Å². The van der Waals surface area contributed by atoms with Crippen molar-refractivity contribution in [2.45, 2.75) is 19.9 Å². The number of benzene rings is 2. The molecular formula is C17H17ClN2. The monoisotopic (exact) mass is 284 g/mol. The first-order valence-electron chi connectivity index (χ1n) is 6.69. The maximum Gasteiger partial charge on any atom is 0.0991 e. The molecule has 0 heterocycles. The average Bonchev–Trinajstić information content (AvgIpc) is 2.47. The van der Waals surface area contributed by atoms with Crippen molar-refractivity contribution in [1.82, 2.24) is 5.32 Å². The Balaban J connectivity index is 2.35. The molecule has 2 aromatic carbocycles. The van der Waals surface area contributed by atoms with E-state index in [0.717, 1.165) is 28.3 Å². The van der Waals surface area contributed by atoms with Crippen LogP contribution in [0, 0.1) is 11.3 Å². The molecule has 0 bridgehead atoms. The molecule has 20 heavy (non-hydrogen) atoms. The summed E-state index contributed by atoms with van der Waals surface area (Å²) in [7, 11) is 0. The zero-order valence-corrected chi connectivity index (χ0v) is 12.4. The lowest BCUT2D eigenvalue weighted by Crippen LogP contribution is -2.17. The van der Waals surface area contributed by atoms with Crippen LogP contribution in [0.2, 0.25) is 5.02 Å². The van der Waals surface area contributed by atoms with Crippen molar-refractivity contribution >= 4 is 11.6 Å². The van der Waals surface area contributed by atoms with E-state index >= 15 is 0 Å². The van der Waals surface area contributed by atoms with E-state index in [-0.39, 0.29) is 6.04 Å². The summed E-state index contributed by atoms with van der Waals surface area (Å²) in [6.07, 6.45) is 0. The molecule has 2 rings (SSSR count). The van der Waals surface area contributed by atoms with Gasteiger partial charge in [-0.3, -0.25) is 0 Å². The molecule has 0 radical (unpaired) electrons. The molecular weight excluding hydrogens is 268 g/mol. The lowest BCUT2D eigenvalue weighted by Gasteiger charge is -2.15. The van der Waals surface area contributed by atoms with Crippen LogP contribution in [-0.2, 0) is 0 Å². The minimum Gasteiger partial charge on any atom is -0.310 e. The van der Waals surface area contributed by atoms with Crippen LogP contribution in [0.5, 0.6) is 0 Å². The summed E-state index contributed by atoms with van der Waals surface area (Å²) in [6.45, 7) is 5.08. The number of nitrogens with one attached hydrogen (secondary N) is 1. The van der Waals surface area contributed by atoms with Crippen LogP contribution in [-0.4, -0.2) is 6.54 Å². The van der Waals surface area contributed by atoms with Crippen LogP contribution >= 0.6 is 11.6 Å². The minimum atomic E-state index is 0.229. The Kier molecular flexibility index (Phi) is 4.79. The summed E-state index contributed by atoms with van der Waals surface area (Å²) < 4.78 is 0. The zero-order valence-electron chi connectivity index (χ0n) is 11.7. The predicted octanol–water partition coefficient (Wildman–Crippen LogP) is 4.55. The lowest BCUT2D eigenvalue weighted by molar-refractivity contribution is 0.598. The second-order valence-electron chi connectivity index (χ2n) is 4.71. The molecule has 0 aliphatic heterocycles. The predicted molar refractivity (Wildman–Crippen MR) is 83.7 cm³/mol. The third-order valence-corrected chi connectivity index (χ3v) is 3.63. The van der Waals surface area contributed by atoms with Crippen molar-refractivity contribution in [2.75, 3.05) is 6.54 Å². The second kappa shape index (κ2) is 6.56. The van der Waals surface area contributed by atoms with Gasteiger partial charge in [-0.2, -0.15) is 5.26 Å². The van der Waals surface area contributed by atoms with E-state index in [2.05, 4.69) is 25.2 Å². The smallest absolute Gasteiger partial charge is 0.0991 e. The molecule has 0 aliphatic carbocycles. The minimum absolute atomic E-state index is 0.229. The molecule has 0 aromatic heterocycles. The number of halogens is 1. The van der Waals surface area contributed by atoms with E-state index in [0.29, 0.717) is 5.56 Å². The molecule has 102 valence electrons. The molecule has 2 aromatic rings. The quantitative estimate of drug-likeness (QED) is 0.894. The second-order valence-corrected chi connectivity index (χ2v) is 5.12. The van der Waals surface area contributed by atoms with Gasteiger partial charge < -0.3 is 5.32 Å². The Bertz CT molecular complexity index is 644. The van der Waals surface area contributed by atoms with Crippen molar-refractivity contribution in [3.63, 3.8) is 0 Å². The first-order chi connectivity index (χ1) is 9.65. The number of hydrogen-bond acceptors (Lipinski definition) is 2. The highest BCUT2D eigenvalue weighted by atomic mass is 35.5. The first-order valence-corrected chi connectivity index (χ1v) is 7.07. The average molecular weight is 285 g/mol. The van der Waals surface area contributed by atoms with E-state index in [1.807, 2.05) is 36.4 Å². The van der Waals surface area contributed by atoms with E-state index in [1.165, 1.54) is 0 Å². The largest absolute Gasteiger partial charge is 0.310 e. The number of rotatable bonds is 4. The van der Waals surface area contributed by atoms with E-state index < -0.39 is 0 Å². The Morgan fingerprint density at radius 3 is 2.60 bits per heavy atom. The summed E-state index contributed by atoms with van der Waals surface area (Å²) in [5, 5.41) is 13.1. The molecule has 1 atom stereocenters. The first kappa shape index (κ1) is 14.6. The third kappa shape index (κ3) is 3.19. The zero-order chi connectivity index (χ0) is 14.5. The van der Waals surface area contributed by atoms with Crippen LogP contribution in [0.1, 0.15) is 31.0 Å². The molecule has 3 heteroatoms. The number of nitriles is 1. The molecule has 0 aliphatic rings. The fourth-order valence-electron chi connectivity index (χ4n) is 2.24. The van der Waals surface area contributed by atoms with Gasteiger partial charge in [0.15, 0.2) is 0 Å². The Labute approximate surface area is 125 Å². The molecule has 0 saturated carbocycles. The summed E-state index contributed by atoms with van der Waals surface area (Å²) >= 11 is 6.38. The lowest BCUT2D eigenvalue weighted by atomic mass is 10.00. The Morgan fingerprint density at radius 2 is 1.95 bits per heavy atom. The SMILES string of the molecule is CCNC(C)c1ccc(-c2cccc(C#N)c2)cc1Cl. The van der Waals surface area contributed by atoms with Gasteiger partial charge in [-0.05, 0) is 48.4 Å². The Morgan fingerprint density at radius 1 is 1.20 bits per heavy atom. The summed E-state index contributed by atoms with van der Waals surface area (Å²) in [4.78, 5) is 0. The molecule has 2 nitrogen and oxygen atoms in total. The standard InChI is InChI=1S/C17H17ClN2/c1-3-20-12(2)16-8-7-15(10-17(16)18)14-6-4-5-13(9-14)11-19/h4-10,12,20H,3H2,1-2H3. The van der Waals surface area contributed by atoms with Gasteiger partial charge in [-0.1, -0.05) is 42.8 Å². The van der Waals surface area contributed by atoms with Crippen LogP contribution in [0.4, 0.5) is 0 Å². The normalized spacial score (nSPS) is 11.9. The van der Waals surface area contributed by atoms with E-state index in [9.17, 15) is 0 Å². The summed E-state index contributed by atoms with van der Waals surface area (Å²) in [5.41, 5.74) is 3.78. The number of nitrogens with zero attached hydrogens (tertiary/aromatic N) is 1. The van der Waals surface area contributed by atoms with Crippen molar-refractivity contribution in [3.8, 4) is 17.2 Å². The maximum atomic E-state index is 8.96. The third-order valence-electron chi connectivity index (χ3n) is 3.30. The van der Waals surface area contributed by atoms with Gasteiger partial charge in [0.1, 0.15) is 0 Å². The van der Waals surface area contributed by atoms with Gasteiger partial charge >= 0.3 is 0 Å². The van der Waals surface area contributed by atoms with E-state index in [1.54, 1.807) is 6.07 Å². The van der Waals surface area contributed by atoms with Gasteiger partial charge in [-0.15, -0.1) is 0 Å². The van der Waals surface area contributed by atoms with Crippen molar-refractivity contribution < 1.29 is 0 Å². The van der Waals surface area contributed by atoms with Gasteiger partial charge in [0.05, 0.1) is 11.6 Å². The van der Waals surface area contributed by atoms with Crippen LogP contribution in [0.25, 0.3) is 11.1 Å². The molecule has 1 N–H and O–H groups in total. The van der Waals surface area contributed by atoms with Gasteiger partial charge in [0.2, 0.25) is 0 Å².